The van der Waals surface area contributed by atoms with Gasteiger partial charge >= 0.3 is 0 Å². The largest absolute Gasteiger partial charge is 0.506 e. The van der Waals surface area contributed by atoms with Gasteiger partial charge in [0.05, 0.1) is 12.3 Å². The number of para-hydroxylation sites is 2. The number of piperazine rings is 1. The van der Waals surface area contributed by atoms with E-state index in [2.05, 4.69) is 9.80 Å². The first-order valence-corrected chi connectivity index (χ1v) is 8.48. The summed E-state index contributed by atoms with van der Waals surface area (Å²) in [5.74, 6) is 0.815. The number of ether oxygens (including phenoxy) is 2. The lowest BCUT2D eigenvalue weighted by Gasteiger charge is -2.36. The molecule has 1 N–H and O–H groups in total. The number of aromatic hydroxyl groups is 1. The Kier molecular flexibility index (Phi) is 4.46. The molecule has 2 heterocycles. The van der Waals surface area contributed by atoms with Crippen LogP contribution in [0.2, 0.25) is 0 Å². The van der Waals surface area contributed by atoms with E-state index in [9.17, 15) is 9.50 Å². The number of phenolic OH excluding ortho intramolecular Hbond substituents is 1. The van der Waals surface area contributed by atoms with Gasteiger partial charge in [0, 0.05) is 43.9 Å². The third-order valence-corrected chi connectivity index (χ3v) is 4.74. The van der Waals surface area contributed by atoms with Crippen molar-refractivity contribution in [3.63, 3.8) is 0 Å². The topological polar surface area (TPSA) is 45.2 Å². The summed E-state index contributed by atoms with van der Waals surface area (Å²) in [4.78, 5) is 4.46. The van der Waals surface area contributed by atoms with Crippen LogP contribution < -0.4 is 9.64 Å². The second-order valence-corrected chi connectivity index (χ2v) is 6.42. The van der Waals surface area contributed by atoms with Crippen LogP contribution in [0.3, 0.4) is 0 Å². The van der Waals surface area contributed by atoms with Crippen LogP contribution in [0.1, 0.15) is 11.1 Å². The van der Waals surface area contributed by atoms with Crippen LogP contribution in [0, 0.1) is 5.82 Å². The van der Waals surface area contributed by atoms with E-state index in [-0.39, 0.29) is 12.6 Å². The molecule has 4 rings (SSSR count). The first-order valence-electron chi connectivity index (χ1n) is 8.48. The van der Waals surface area contributed by atoms with E-state index >= 15 is 0 Å². The third-order valence-electron chi connectivity index (χ3n) is 4.74. The van der Waals surface area contributed by atoms with Gasteiger partial charge < -0.3 is 19.5 Å². The smallest absolute Gasteiger partial charge is 0.189 e. The van der Waals surface area contributed by atoms with E-state index in [0.29, 0.717) is 18.9 Å². The molecular weight excluding hydrogens is 323 g/mol. The molecule has 2 aromatic carbocycles. The molecule has 0 aromatic heterocycles. The second kappa shape index (κ2) is 6.90. The number of halogens is 1. The standard InChI is InChI=1S/C19H21FN2O3/c20-16-9-14(19-15(10-16)12-24-13-25-19)11-21-5-7-22(8-6-21)17-3-1-2-4-18(17)23/h1-4,9-10,23H,5-8,11-13H2. The molecule has 6 heteroatoms. The molecule has 2 aliphatic heterocycles. The number of fused-ring (bicyclic) bond motifs is 1. The van der Waals surface area contributed by atoms with Crippen LogP contribution in [0.4, 0.5) is 10.1 Å². The predicted molar refractivity (Wildman–Crippen MR) is 92.3 cm³/mol. The second-order valence-electron chi connectivity index (χ2n) is 6.42. The van der Waals surface area contributed by atoms with Gasteiger partial charge in [-0.1, -0.05) is 12.1 Å². The van der Waals surface area contributed by atoms with E-state index in [1.54, 1.807) is 12.1 Å². The Balaban J connectivity index is 1.44. The number of nitrogens with zero attached hydrogens (tertiary/aromatic N) is 2. The lowest BCUT2D eigenvalue weighted by atomic mass is 10.1. The predicted octanol–water partition coefficient (Wildman–Crippen LogP) is 2.72. The Bertz CT molecular complexity index is 760. The normalized spacial score (nSPS) is 17.9. The number of phenols is 1. The molecular formula is C19H21FN2O3. The fourth-order valence-corrected chi connectivity index (χ4v) is 3.49. The highest BCUT2D eigenvalue weighted by Gasteiger charge is 2.22. The first kappa shape index (κ1) is 16.2. The van der Waals surface area contributed by atoms with Crippen molar-refractivity contribution in [3.05, 3.63) is 53.3 Å². The van der Waals surface area contributed by atoms with E-state index in [4.69, 9.17) is 9.47 Å². The quantitative estimate of drug-likeness (QED) is 0.928. The zero-order valence-corrected chi connectivity index (χ0v) is 13.9. The van der Waals surface area contributed by atoms with Crippen molar-refractivity contribution in [3.8, 4) is 11.5 Å². The summed E-state index contributed by atoms with van der Waals surface area (Å²) in [5, 5.41) is 10.0. The Morgan fingerprint density at radius 3 is 2.68 bits per heavy atom. The van der Waals surface area contributed by atoms with Gasteiger partial charge in [-0.05, 0) is 24.3 Å². The molecule has 0 radical (unpaired) electrons. The zero-order valence-electron chi connectivity index (χ0n) is 13.9. The number of rotatable bonds is 3. The van der Waals surface area contributed by atoms with E-state index in [0.717, 1.165) is 48.7 Å². The summed E-state index contributed by atoms with van der Waals surface area (Å²) in [5.41, 5.74) is 2.51. The molecule has 0 atom stereocenters. The Labute approximate surface area is 146 Å². The summed E-state index contributed by atoms with van der Waals surface area (Å²) < 4.78 is 24.7. The first-order chi connectivity index (χ1) is 12.2. The molecule has 2 aliphatic rings. The monoisotopic (exact) mass is 344 g/mol. The maximum Gasteiger partial charge on any atom is 0.189 e. The highest BCUT2D eigenvalue weighted by molar-refractivity contribution is 5.57. The fourth-order valence-electron chi connectivity index (χ4n) is 3.49. The minimum atomic E-state index is -0.254. The van der Waals surface area contributed by atoms with Crippen LogP contribution in [0.25, 0.3) is 0 Å². The van der Waals surface area contributed by atoms with Gasteiger partial charge in [-0.3, -0.25) is 4.90 Å². The maximum absolute atomic E-state index is 13.9. The number of hydrogen-bond donors (Lipinski definition) is 1. The van der Waals surface area contributed by atoms with Crippen molar-refractivity contribution in [2.24, 2.45) is 0 Å². The van der Waals surface area contributed by atoms with Gasteiger partial charge in [0.1, 0.15) is 17.3 Å². The van der Waals surface area contributed by atoms with Crippen LogP contribution in [0.5, 0.6) is 11.5 Å². The van der Waals surface area contributed by atoms with Crippen molar-refractivity contribution in [1.29, 1.82) is 0 Å². The van der Waals surface area contributed by atoms with E-state index < -0.39 is 0 Å². The fraction of sp³-hybridized carbons (Fsp3) is 0.368. The number of benzene rings is 2. The molecule has 0 spiro atoms. The lowest BCUT2D eigenvalue weighted by Crippen LogP contribution is -2.46. The number of anilines is 1. The van der Waals surface area contributed by atoms with Crippen molar-refractivity contribution < 1.29 is 19.0 Å². The van der Waals surface area contributed by atoms with Gasteiger partial charge in [0.25, 0.3) is 0 Å². The Morgan fingerprint density at radius 1 is 1.08 bits per heavy atom. The summed E-state index contributed by atoms with van der Waals surface area (Å²) in [6.07, 6.45) is 0. The minimum Gasteiger partial charge on any atom is -0.506 e. The molecule has 0 unspecified atom stereocenters. The average molecular weight is 344 g/mol. The summed E-state index contributed by atoms with van der Waals surface area (Å²) in [6, 6.07) is 10.4. The highest BCUT2D eigenvalue weighted by atomic mass is 19.1. The van der Waals surface area contributed by atoms with Crippen molar-refractivity contribution >= 4 is 5.69 Å². The molecule has 0 amide bonds. The van der Waals surface area contributed by atoms with Crippen molar-refractivity contribution in [1.82, 2.24) is 4.90 Å². The molecule has 5 nitrogen and oxygen atoms in total. The summed E-state index contributed by atoms with van der Waals surface area (Å²) in [6.45, 7) is 4.58. The third kappa shape index (κ3) is 3.41. The molecule has 0 aliphatic carbocycles. The van der Waals surface area contributed by atoms with Crippen LogP contribution in [-0.4, -0.2) is 43.0 Å². The van der Waals surface area contributed by atoms with Gasteiger partial charge in [0.15, 0.2) is 6.79 Å². The Hall–Kier alpha value is -2.31. The van der Waals surface area contributed by atoms with Crippen molar-refractivity contribution in [2.45, 2.75) is 13.2 Å². The van der Waals surface area contributed by atoms with Crippen LogP contribution in [-0.2, 0) is 17.9 Å². The highest BCUT2D eigenvalue weighted by Crippen LogP contribution is 2.31. The molecule has 0 bridgehead atoms. The van der Waals surface area contributed by atoms with Gasteiger partial charge in [-0.2, -0.15) is 0 Å². The van der Waals surface area contributed by atoms with Gasteiger partial charge in [-0.25, -0.2) is 4.39 Å². The molecule has 1 fully saturated rings. The summed E-state index contributed by atoms with van der Waals surface area (Å²) >= 11 is 0. The SMILES string of the molecule is Oc1ccccc1N1CCN(Cc2cc(F)cc3c2OCOC3)CC1. The van der Waals surface area contributed by atoms with E-state index in [1.807, 2.05) is 18.2 Å². The average Bonchev–Trinajstić information content (AvgIpc) is 2.63. The zero-order chi connectivity index (χ0) is 17.2. The maximum atomic E-state index is 13.9. The Morgan fingerprint density at radius 2 is 1.88 bits per heavy atom. The minimum absolute atomic E-state index is 0.215. The molecule has 2 aromatic rings. The van der Waals surface area contributed by atoms with Crippen molar-refractivity contribution in [2.75, 3.05) is 37.9 Å². The van der Waals surface area contributed by atoms with Gasteiger partial charge in [-0.15, -0.1) is 0 Å². The molecule has 1 saturated heterocycles. The van der Waals surface area contributed by atoms with Crippen LogP contribution >= 0.6 is 0 Å². The number of hydrogen-bond acceptors (Lipinski definition) is 5. The molecule has 0 saturated carbocycles. The molecule has 132 valence electrons. The molecule has 25 heavy (non-hydrogen) atoms. The van der Waals surface area contributed by atoms with Gasteiger partial charge in [0.2, 0.25) is 0 Å². The lowest BCUT2D eigenvalue weighted by molar-refractivity contribution is -0.0177. The summed E-state index contributed by atoms with van der Waals surface area (Å²) in [7, 11) is 0. The van der Waals surface area contributed by atoms with E-state index in [1.165, 1.54) is 6.07 Å². The van der Waals surface area contributed by atoms with Crippen LogP contribution in [0.15, 0.2) is 36.4 Å².